The van der Waals surface area contributed by atoms with Crippen LogP contribution in [0.2, 0.25) is 0 Å². The van der Waals surface area contributed by atoms with E-state index in [1.165, 1.54) is 6.92 Å². The van der Waals surface area contributed by atoms with Crippen molar-refractivity contribution in [2.24, 2.45) is 0 Å². The third-order valence-corrected chi connectivity index (χ3v) is 1.29. The first-order valence-corrected chi connectivity index (χ1v) is 4.06. The first kappa shape index (κ1) is 11.2. The minimum Gasteiger partial charge on any atom is -0.462 e. The van der Waals surface area contributed by atoms with Crippen molar-refractivity contribution in [3.8, 4) is 0 Å². The average molecular weight is 171 g/mol. The highest BCUT2D eigenvalue weighted by atomic mass is 16.5. The Morgan fingerprint density at radius 2 is 2.08 bits per heavy atom. The van der Waals surface area contributed by atoms with E-state index in [1.807, 2.05) is 26.2 Å². The number of carbonyl (C=O) groups excluding carboxylic acids is 1. The third-order valence-electron chi connectivity index (χ3n) is 1.29. The highest BCUT2D eigenvalue weighted by Gasteiger charge is 1.87. The van der Waals surface area contributed by atoms with Crippen LogP contribution in [0.25, 0.3) is 0 Å². The molecule has 0 aromatic carbocycles. The van der Waals surface area contributed by atoms with E-state index in [0.717, 1.165) is 13.0 Å². The molecule has 3 nitrogen and oxygen atoms in total. The lowest BCUT2D eigenvalue weighted by Crippen LogP contribution is -2.11. The monoisotopic (exact) mass is 171 g/mol. The Morgan fingerprint density at radius 1 is 1.42 bits per heavy atom. The van der Waals surface area contributed by atoms with Crippen LogP contribution in [0.4, 0.5) is 0 Å². The molecule has 0 heterocycles. The summed E-state index contributed by atoms with van der Waals surface area (Å²) in [5, 5.41) is 0. The molecule has 0 saturated heterocycles. The van der Waals surface area contributed by atoms with Gasteiger partial charge in [-0.25, -0.2) is 0 Å². The predicted octanol–water partition coefficient (Wildman–Crippen LogP) is 1.06. The zero-order valence-electron chi connectivity index (χ0n) is 8.04. The van der Waals surface area contributed by atoms with E-state index in [1.54, 1.807) is 0 Å². The van der Waals surface area contributed by atoms with Crippen molar-refractivity contribution in [3.05, 3.63) is 12.2 Å². The number of hydrogen-bond acceptors (Lipinski definition) is 3. The quantitative estimate of drug-likeness (QED) is 0.457. The van der Waals surface area contributed by atoms with Crippen molar-refractivity contribution in [1.29, 1.82) is 0 Å². The maximum absolute atomic E-state index is 10.3. The summed E-state index contributed by atoms with van der Waals surface area (Å²) in [6, 6.07) is 0. The Balaban J connectivity index is 3.20. The molecular weight excluding hydrogens is 154 g/mol. The molecular formula is C9H17NO2. The smallest absolute Gasteiger partial charge is 0.302 e. The molecule has 0 rings (SSSR count). The molecule has 3 heteroatoms. The lowest BCUT2D eigenvalue weighted by molar-refractivity contribution is -0.139. The third kappa shape index (κ3) is 9.17. The lowest BCUT2D eigenvalue weighted by Gasteiger charge is -2.05. The lowest BCUT2D eigenvalue weighted by atomic mass is 10.3. The second-order valence-corrected chi connectivity index (χ2v) is 2.87. The van der Waals surface area contributed by atoms with Gasteiger partial charge in [-0.3, -0.25) is 4.79 Å². The molecule has 70 valence electrons. The molecule has 0 aromatic rings. The minimum atomic E-state index is -0.229. The molecule has 0 unspecified atom stereocenters. The van der Waals surface area contributed by atoms with Gasteiger partial charge >= 0.3 is 5.97 Å². The van der Waals surface area contributed by atoms with E-state index in [0.29, 0.717) is 6.61 Å². The van der Waals surface area contributed by atoms with Crippen molar-refractivity contribution in [1.82, 2.24) is 4.90 Å². The Hall–Kier alpha value is -0.830. The van der Waals surface area contributed by atoms with Gasteiger partial charge in [0.05, 0.1) is 0 Å². The number of carbonyl (C=O) groups is 1. The zero-order valence-corrected chi connectivity index (χ0v) is 8.04. The largest absolute Gasteiger partial charge is 0.462 e. The summed E-state index contributed by atoms with van der Waals surface area (Å²) >= 11 is 0. The first-order chi connectivity index (χ1) is 5.63. The van der Waals surface area contributed by atoms with Crippen molar-refractivity contribution in [2.45, 2.75) is 13.3 Å². The predicted molar refractivity (Wildman–Crippen MR) is 48.9 cm³/mol. The molecule has 0 saturated carbocycles. The van der Waals surface area contributed by atoms with Crippen LogP contribution in [0, 0.1) is 0 Å². The highest BCUT2D eigenvalue weighted by molar-refractivity contribution is 5.65. The van der Waals surface area contributed by atoms with Gasteiger partial charge in [-0.15, -0.1) is 0 Å². The van der Waals surface area contributed by atoms with Gasteiger partial charge in [-0.1, -0.05) is 12.2 Å². The Kier molecular flexibility index (Phi) is 6.38. The van der Waals surface area contributed by atoms with Crippen LogP contribution in [0.1, 0.15) is 13.3 Å². The second-order valence-electron chi connectivity index (χ2n) is 2.87. The first-order valence-electron chi connectivity index (χ1n) is 4.06. The van der Waals surface area contributed by atoms with Crippen molar-refractivity contribution in [2.75, 3.05) is 27.2 Å². The fraction of sp³-hybridized carbons (Fsp3) is 0.667. The summed E-state index contributed by atoms with van der Waals surface area (Å²) in [5.74, 6) is -0.229. The van der Waals surface area contributed by atoms with Gasteiger partial charge in [0.2, 0.25) is 0 Å². The zero-order chi connectivity index (χ0) is 9.40. The van der Waals surface area contributed by atoms with E-state index in [4.69, 9.17) is 4.74 Å². The summed E-state index contributed by atoms with van der Waals surface area (Å²) in [5.41, 5.74) is 0. The maximum Gasteiger partial charge on any atom is 0.302 e. The summed E-state index contributed by atoms with van der Waals surface area (Å²) in [4.78, 5) is 12.4. The number of nitrogens with zero attached hydrogens (tertiary/aromatic N) is 1. The summed E-state index contributed by atoms with van der Waals surface area (Å²) < 4.78 is 4.71. The molecule has 0 aliphatic rings. The van der Waals surface area contributed by atoms with Gasteiger partial charge < -0.3 is 9.64 Å². The van der Waals surface area contributed by atoms with Crippen LogP contribution in [0.15, 0.2) is 12.2 Å². The minimum absolute atomic E-state index is 0.229. The number of rotatable bonds is 5. The van der Waals surface area contributed by atoms with Gasteiger partial charge in [-0.2, -0.15) is 0 Å². The molecule has 0 aliphatic heterocycles. The molecule has 0 aromatic heterocycles. The fourth-order valence-electron chi connectivity index (χ4n) is 0.684. The maximum atomic E-state index is 10.3. The van der Waals surface area contributed by atoms with Crippen LogP contribution in [-0.4, -0.2) is 38.1 Å². The molecule has 0 bridgehead atoms. The molecule has 0 amide bonds. The van der Waals surface area contributed by atoms with Crippen LogP contribution < -0.4 is 0 Å². The van der Waals surface area contributed by atoms with Crippen LogP contribution in [0.5, 0.6) is 0 Å². The topological polar surface area (TPSA) is 29.5 Å². The van der Waals surface area contributed by atoms with E-state index < -0.39 is 0 Å². The second kappa shape index (κ2) is 6.85. The molecule has 0 fully saturated rings. The molecule has 12 heavy (non-hydrogen) atoms. The molecule has 0 N–H and O–H groups in total. The van der Waals surface area contributed by atoms with Gasteiger partial charge in [0.25, 0.3) is 0 Å². The normalized spacial score (nSPS) is 11.0. The number of ether oxygens (including phenoxy) is 1. The van der Waals surface area contributed by atoms with Crippen LogP contribution in [-0.2, 0) is 9.53 Å². The van der Waals surface area contributed by atoms with Crippen molar-refractivity contribution >= 4 is 5.97 Å². The van der Waals surface area contributed by atoms with Crippen molar-refractivity contribution < 1.29 is 9.53 Å². The van der Waals surface area contributed by atoms with E-state index in [-0.39, 0.29) is 5.97 Å². The van der Waals surface area contributed by atoms with E-state index in [2.05, 4.69) is 4.90 Å². The standard InChI is InChI=1S/C9H17NO2/c1-9(11)12-8-6-4-5-7-10(2)3/h4,6H,5,7-8H2,1-3H3/b6-4+. The van der Waals surface area contributed by atoms with Gasteiger partial charge in [0.15, 0.2) is 0 Å². The van der Waals surface area contributed by atoms with Crippen molar-refractivity contribution in [3.63, 3.8) is 0 Å². The van der Waals surface area contributed by atoms with Gasteiger partial charge in [0.1, 0.15) is 6.61 Å². The number of hydrogen-bond donors (Lipinski definition) is 0. The highest BCUT2D eigenvalue weighted by Crippen LogP contribution is 1.86. The van der Waals surface area contributed by atoms with Crippen LogP contribution >= 0.6 is 0 Å². The molecule has 0 radical (unpaired) electrons. The summed E-state index contributed by atoms with van der Waals surface area (Å²) in [6.07, 6.45) is 4.88. The summed E-state index contributed by atoms with van der Waals surface area (Å²) in [7, 11) is 4.06. The molecule has 0 aliphatic carbocycles. The summed E-state index contributed by atoms with van der Waals surface area (Å²) in [6.45, 7) is 2.83. The van der Waals surface area contributed by atoms with Crippen LogP contribution in [0.3, 0.4) is 0 Å². The average Bonchev–Trinajstić information content (AvgIpc) is 1.95. The Morgan fingerprint density at radius 3 is 2.58 bits per heavy atom. The Bertz CT molecular complexity index is 153. The fourth-order valence-corrected chi connectivity index (χ4v) is 0.684. The van der Waals surface area contributed by atoms with E-state index >= 15 is 0 Å². The molecule has 0 spiro atoms. The molecule has 0 atom stereocenters. The van der Waals surface area contributed by atoms with Gasteiger partial charge in [-0.05, 0) is 20.5 Å². The van der Waals surface area contributed by atoms with Gasteiger partial charge in [0, 0.05) is 13.5 Å². The van der Waals surface area contributed by atoms with E-state index in [9.17, 15) is 4.79 Å². The SMILES string of the molecule is CC(=O)OC/C=C/CCN(C)C. The Labute approximate surface area is 74.0 Å². The number of esters is 1.